The summed E-state index contributed by atoms with van der Waals surface area (Å²) in [6.07, 6.45) is 0. The molecule has 0 fully saturated rings. The molecule has 0 aromatic heterocycles. The highest BCUT2D eigenvalue weighted by Crippen LogP contribution is 2.40. The molecule has 5 nitrogen and oxygen atoms in total. The van der Waals surface area contributed by atoms with E-state index in [1.807, 2.05) is 91.0 Å². The van der Waals surface area contributed by atoms with Crippen molar-refractivity contribution in [3.63, 3.8) is 0 Å². The molecule has 3 rings (SSSR count). The summed E-state index contributed by atoms with van der Waals surface area (Å²) in [7, 11) is -2.17. The summed E-state index contributed by atoms with van der Waals surface area (Å²) >= 11 is 0. The Kier molecular flexibility index (Phi) is 7.92. The van der Waals surface area contributed by atoms with E-state index in [2.05, 4.69) is 6.58 Å². The number of ether oxygens (including phenoxy) is 1. The average molecular weight is 390 g/mol. The van der Waals surface area contributed by atoms with Gasteiger partial charge in [-0.3, -0.25) is 0 Å². The fourth-order valence-corrected chi connectivity index (χ4v) is 2.92. The number of rotatable bonds is 5. The van der Waals surface area contributed by atoms with Crippen LogP contribution in [0.25, 0.3) is 0 Å². The minimum absolute atomic E-state index is 0.368. The van der Waals surface area contributed by atoms with Crippen LogP contribution in [0.15, 0.2) is 103 Å². The first-order valence-corrected chi connectivity index (χ1v) is 8.97. The normalized spacial score (nSPS) is 10.3. The van der Waals surface area contributed by atoms with E-state index in [4.69, 9.17) is 19.8 Å². The van der Waals surface area contributed by atoms with E-state index in [0.717, 1.165) is 16.7 Å². The van der Waals surface area contributed by atoms with Crippen LogP contribution in [0.5, 0.6) is 0 Å². The maximum atomic E-state index is 12.6. The van der Waals surface area contributed by atoms with Gasteiger partial charge in [-0.05, 0) is 6.92 Å². The predicted molar refractivity (Wildman–Crippen MR) is 113 cm³/mol. The molecule has 0 bridgehead atoms. The van der Waals surface area contributed by atoms with Gasteiger partial charge < -0.3 is 19.8 Å². The molecule has 0 amide bonds. The maximum Gasteiger partial charge on any atom is 0.631 e. The fourth-order valence-electron chi connectivity index (χ4n) is 2.92. The molecular weight excluding hydrogens is 367 g/mol. The number of carbonyl (C=O) groups is 1. The molecule has 3 aromatic carbocycles. The molecule has 148 valence electrons. The SMILES string of the molecule is C=C(C)C(=O)OC(c1ccccc1)(c1ccccc1)c1ccccc1.OB(O)O. The van der Waals surface area contributed by atoms with Gasteiger partial charge in [0, 0.05) is 22.3 Å². The third-order valence-electron chi connectivity index (χ3n) is 4.14. The molecule has 0 heterocycles. The molecule has 0 aliphatic rings. The van der Waals surface area contributed by atoms with Crippen LogP contribution < -0.4 is 0 Å². The third-order valence-corrected chi connectivity index (χ3v) is 4.14. The fraction of sp³-hybridized carbons (Fsp3) is 0.0870. The summed E-state index contributed by atoms with van der Waals surface area (Å²) < 4.78 is 6.12. The number of hydrogen-bond acceptors (Lipinski definition) is 5. The zero-order chi connectivity index (χ0) is 21.3. The monoisotopic (exact) mass is 390 g/mol. The molecule has 0 unspecified atom stereocenters. The molecule has 0 aliphatic heterocycles. The quantitative estimate of drug-likeness (QED) is 0.270. The minimum atomic E-state index is -2.17. The van der Waals surface area contributed by atoms with E-state index in [1.54, 1.807) is 6.92 Å². The summed E-state index contributed by atoms with van der Waals surface area (Å²) in [5.74, 6) is -0.420. The summed E-state index contributed by atoms with van der Waals surface area (Å²) in [5.41, 5.74) is 2.01. The number of hydrogen-bond donors (Lipinski definition) is 3. The lowest BCUT2D eigenvalue weighted by molar-refractivity contribution is -0.148. The van der Waals surface area contributed by atoms with Crippen LogP contribution in [-0.2, 0) is 15.1 Å². The number of benzene rings is 3. The van der Waals surface area contributed by atoms with Crippen LogP contribution in [-0.4, -0.2) is 28.4 Å². The molecule has 0 spiro atoms. The van der Waals surface area contributed by atoms with Crippen LogP contribution >= 0.6 is 0 Å². The van der Waals surface area contributed by atoms with Crippen LogP contribution in [0.2, 0.25) is 0 Å². The van der Waals surface area contributed by atoms with Gasteiger partial charge in [-0.1, -0.05) is 97.6 Å². The predicted octanol–water partition coefficient (Wildman–Crippen LogP) is 3.05. The summed E-state index contributed by atoms with van der Waals surface area (Å²) in [4.78, 5) is 12.6. The average Bonchev–Trinajstić information content (AvgIpc) is 2.73. The van der Waals surface area contributed by atoms with Crippen LogP contribution in [0.1, 0.15) is 23.6 Å². The lowest BCUT2D eigenvalue weighted by Crippen LogP contribution is -2.35. The van der Waals surface area contributed by atoms with E-state index in [1.165, 1.54) is 0 Å². The highest BCUT2D eigenvalue weighted by Gasteiger charge is 2.40. The van der Waals surface area contributed by atoms with E-state index in [9.17, 15) is 4.79 Å². The standard InChI is InChI=1S/C23H20O2.BH3O3/c1-18(2)22(24)25-23(19-12-6-3-7-13-19,20-14-8-4-9-15-20)21-16-10-5-11-17-21;2-1(3)4/h3-17H,1H2,2H3;2-4H. The molecule has 0 radical (unpaired) electrons. The summed E-state index contributed by atoms with van der Waals surface area (Å²) in [5, 5.41) is 21.5. The van der Waals surface area contributed by atoms with Gasteiger partial charge in [0.2, 0.25) is 0 Å². The van der Waals surface area contributed by atoms with Gasteiger partial charge in [0.1, 0.15) is 0 Å². The van der Waals surface area contributed by atoms with E-state index in [0.29, 0.717) is 5.57 Å². The second-order valence-electron chi connectivity index (χ2n) is 6.30. The topological polar surface area (TPSA) is 87.0 Å². The van der Waals surface area contributed by atoms with Gasteiger partial charge in [0.15, 0.2) is 5.60 Å². The molecule has 0 atom stereocenters. The smallest absolute Gasteiger partial charge is 0.441 e. The molecule has 6 heteroatoms. The molecule has 29 heavy (non-hydrogen) atoms. The maximum absolute atomic E-state index is 12.6. The summed E-state index contributed by atoms with van der Waals surface area (Å²) in [6.45, 7) is 5.41. The Hall–Kier alpha value is -3.19. The van der Waals surface area contributed by atoms with Crippen LogP contribution in [0.4, 0.5) is 0 Å². The minimum Gasteiger partial charge on any atom is -0.441 e. The molecular formula is C23H23BO5. The van der Waals surface area contributed by atoms with Crippen molar-refractivity contribution in [2.45, 2.75) is 12.5 Å². The van der Waals surface area contributed by atoms with Gasteiger partial charge in [-0.15, -0.1) is 0 Å². The number of carbonyl (C=O) groups excluding carboxylic acids is 1. The summed E-state index contributed by atoms with van der Waals surface area (Å²) in [6, 6.07) is 29.4. The Morgan fingerprint density at radius 1 is 0.759 bits per heavy atom. The first kappa shape index (κ1) is 22.1. The number of esters is 1. The van der Waals surface area contributed by atoms with Crippen molar-refractivity contribution in [1.29, 1.82) is 0 Å². The van der Waals surface area contributed by atoms with Gasteiger partial charge in [-0.25, -0.2) is 4.79 Å². The molecule has 0 aliphatic carbocycles. The Bertz CT molecular complexity index is 812. The first-order chi connectivity index (χ1) is 13.9. The third kappa shape index (κ3) is 5.65. The zero-order valence-electron chi connectivity index (χ0n) is 16.1. The Morgan fingerprint density at radius 3 is 1.28 bits per heavy atom. The van der Waals surface area contributed by atoms with Crippen molar-refractivity contribution >= 4 is 13.3 Å². The van der Waals surface area contributed by atoms with Crippen molar-refractivity contribution in [3.8, 4) is 0 Å². The van der Waals surface area contributed by atoms with Crippen LogP contribution in [0, 0.1) is 0 Å². The molecule has 3 aromatic rings. The van der Waals surface area contributed by atoms with Gasteiger partial charge >= 0.3 is 13.3 Å². The molecule has 0 saturated carbocycles. The van der Waals surface area contributed by atoms with Crippen molar-refractivity contribution in [1.82, 2.24) is 0 Å². The van der Waals surface area contributed by atoms with Gasteiger partial charge in [0.25, 0.3) is 0 Å². The Labute approximate surface area is 170 Å². The van der Waals surface area contributed by atoms with E-state index in [-0.39, 0.29) is 0 Å². The van der Waals surface area contributed by atoms with E-state index >= 15 is 0 Å². The van der Waals surface area contributed by atoms with Crippen molar-refractivity contribution in [2.24, 2.45) is 0 Å². The van der Waals surface area contributed by atoms with E-state index < -0.39 is 18.9 Å². The Balaban J connectivity index is 0.000000687. The lowest BCUT2D eigenvalue weighted by atomic mass is 9.80. The Morgan fingerprint density at radius 2 is 1.03 bits per heavy atom. The molecule has 0 saturated heterocycles. The molecule has 3 N–H and O–H groups in total. The second kappa shape index (κ2) is 10.4. The van der Waals surface area contributed by atoms with Gasteiger partial charge in [0.05, 0.1) is 0 Å². The lowest BCUT2D eigenvalue weighted by Gasteiger charge is -2.35. The highest BCUT2D eigenvalue weighted by molar-refractivity contribution is 6.30. The zero-order valence-corrected chi connectivity index (χ0v) is 16.1. The van der Waals surface area contributed by atoms with Gasteiger partial charge in [-0.2, -0.15) is 0 Å². The first-order valence-electron chi connectivity index (χ1n) is 8.97. The van der Waals surface area contributed by atoms with Crippen LogP contribution in [0.3, 0.4) is 0 Å². The van der Waals surface area contributed by atoms with Crippen molar-refractivity contribution in [2.75, 3.05) is 0 Å². The second-order valence-corrected chi connectivity index (χ2v) is 6.30. The van der Waals surface area contributed by atoms with Crippen molar-refractivity contribution in [3.05, 3.63) is 120 Å². The largest absolute Gasteiger partial charge is 0.631 e. The van der Waals surface area contributed by atoms with Crippen molar-refractivity contribution < 1.29 is 24.6 Å². The highest BCUT2D eigenvalue weighted by atomic mass is 16.6.